The largest absolute Gasteiger partial charge is 2.00 e. The smallest absolute Gasteiger partial charge is 1.00 e. The number of phosphoric ester groups is 1. The predicted molar refractivity (Wildman–Crippen MR) is 88.6 cm³/mol. The molecule has 0 saturated carbocycles. The topological polar surface area (TPSA) is 76.0 Å². The number of hydrogen-bond donors (Lipinski definition) is 2. The van der Waals surface area contributed by atoms with E-state index in [0.717, 1.165) is 12.8 Å². The van der Waals surface area contributed by atoms with Crippen LogP contribution in [0, 0.1) is 0 Å². The van der Waals surface area contributed by atoms with Gasteiger partial charge in [0, 0.05) is 6.61 Å². The molecule has 2 N–H and O–H groups in total. The van der Waals surface area contributed by atoms with Gasteiger partial charge in [-0.15, -0.1) is 0 Å². The van der Waals surface area contributed by atoms with Gasteiger partial charge in [-0.3, -0.25) is 4.52 Å². The van der Waals surface area contributed by atoms with E-state index >= 15 is 0 Å². The zero-order valence-corrected chi connectivity index (χ0v) is 16.6. The summed E-state index contributed by atoms with van der Waals surface area (Å²) in [6.45, 7) is 3.06. The summed E-state index contributed by atoms with van der Waals surface area (Å²) in [6.07, 6.45) is 12.8. The van der Waals surface area contributed by atoms with E-state index in [-0.39, 0.29) is 53.8 Å². The summed E-state index contributed by atoms with van der Waals surface area (Å²) >= 11 is 0. The first-order valence-corrected chi connectivity index (χ1v) is 9.37. The van der Waals surface area contributed by atoms with E-state index in [1.807, 2.05) is 0 Å². The summed E-state index contributed by atoms with van der Waals surface area (Å²) < 4.78 is 19.9. The SMILES string of the molecule is CCCCCCCCCCCCOCCOP(=O)(O)O.[Ca+2].[H-].[H-]. The van der Waals surface area contributed by atoms with Crippen molar-refractivity contribution in [1.29, 1.82) is 0 Å². The molecular formula is C14H33CaO5P. The number of rotatable bonds is 15. The average molecular weight is 352 g/mol. The van der Waals surface area contributed by atoms with E-state index in [9.17, 15) is 4.57 Å². The molecule has 0 saturated heterocycles. The van der Waals surface area contributed by atoms with Crippen LogP contribution in [0.2, 0.25) is 0 Å². The van der Waals surface area contributed by atoms with Crippen LogP contribution in [0.15, 0.2) is 0 Å². The summed E-state index contributed by atoms with van der Waals surface area (Å²) in [7, 11) is -4.33. The molecule has 0 atom stereocenters. The molecular weight excluding hydrogens is 319 g/mol. The Labute approximate surface area is 162 Å². The Kier molecular flexibility index (Phi) is 20.7. The molecule has 0 aromatic heterocycles. The molecule has 0 bridgehead atoms. The molecule has 0 rings (SSSR count). The minimum Gasteiger partial charge on any atom is -1.00 e. The maximum Gasteiger partial charge on any atom is 2.00 e. The van der Waals surface area contributed by atoms with Crippen molar-refractivity contribution in [2.24, 2.45) is 0 Å². The fourth-order valence-corrected chi connectivity index (χ4v) is 2.32. The summed E-state index contributed by atoms with van der Waals surface area (Å²) in [5, 5.41) is 0. The first-order valence-electron chi connectivity index (χ1n) is 7.84. The molecule has 0 aliphatic carbocycles. The van der Waals surface area contributed by atoms with Crippen molar-refractivity contribution in [3.8, 4) is 0 Å². The Hall–Kier alpha value is 1.33. The van der Waals surface area contributed by atoms with Crippen molar-refractivity contribution in [2.75, 3.05) is 19.8 Å². The van der Waals surface area contributed by atoms with Crippen LogP contribution in [-0.2, 0) is 13.8 Å². The van der Waals surface area contributed by atoms with Crippen LogP contribution in [0.3, 0.4) is 0 Å². The quantitative estimate of drug-likeness (QED) is 0.266. The molecule has 21 heavy (non-hydrogen) atoms. The van der Waals surface area contributed by atoms with Gasteiger partial charge in [0.05, 0.1) is 13.2 Å². The van der Waals surface area contributed by atoms with E-state index in [1.165, 1.54) is 51.4 Å². The van der Waals surface area contributed by atoms with Crippen LogP contribution >= 0.6 is 7.82 Å². The van der Waals surface area contributed by atoms with E-state index < -0.39 is 7.82 Å². The fraction of sp³-hybridized carbons (Fsp3) is 1.00. The third kappa shape index (κ3) is 23.7. The van der Waals surface area contributed by atoms with Gasteiger partial charge < -0.3 is 17.4 Å². The zero-order valence-electron chi connectivity index (χ0n) is 15.5. The predicted octanol–water partition coefficient (Wildman–Crippen LogP) is 3.88. The number of unbranched alkanes of at least 4 members (excludes halogenated alkanes) is 9. The Morgan fingerprint density at radius 1 is 0.810 bits per heavy atom. The summed E-state index contributed by atoms with van der Waals surface area (Å²) in [5.41, 5.74) is 0. The first-order chi connectivity index (χ1) is 9.56. The van der Waals surface area contributed by atoms with Crippen molar-refractivity contribution >= 4 is 45.6 Å². The molecule has 0 aliphatic heterocycles. The van der Waals surface area contributed by atoms with Crippen molar-refractivity contribution in [2.45, 2.75) is 71.1 Å². The van der Waals surface area contributed by atoms with Gasteiger partial charge in [0.25, 0.3) is 0 Å². The van der Waals surface area contributed by atoms with Gasteiger partial charge in [-0.25, -0.2) is 4.57 Å². The molecule has 0 aliphatic rings. The van der Waals surface area contributed by atoms with Crippen LogP contribution in [0.25, 0.3) is 0 Å². The number of hydrogen-bond acceptors (Lipinski definition) is 3. The van der Waals surface area contributed by atoms with Crippen molar-refractivity contribution in [1.82, 2.24) is 0 Å². The molecule has 0 aromatic rings. The standard InChI is InChI=1S/C14H31O5P.Ca.2H/c1-2-3-4-5-6-7-8-9-10-11-12-18-13-14-19-20(15,16)17;;;/h2-14H2,1H3,(H2,15,16,17);;;/q;+2;2*-1. The molecule has 0 radical (unpaired) electrons. The van der Waals surface area contributed by atoms with Crippen molar-refractivity contribution < 1.29 is 26.5 Å². The van der Waals surface area contributed by atoms with E-state index in [1.54, 1.807) is 0 Å². The minimum absolute atomic E-state index is 0. The molecule has 0 fully saturated rings. The fourth-order valence-electron chi connectivity index (χ4n) is 2.01. The van der Waals surface area contributed by atoms with Crippen molar-refractivity contribution in [3.05, 3.63) is 0 Å². The summed E-state index contributed by atoms with van der Waals surface area (Å²) in [5.74, 6) is 0. The Balaban J connectivity index is -0.000000602. The molecule has 126 valence electrons. The second-order valence-corrected chi connectivity index (χ2v) is 6.36. The van der Waals surface area contributed by atoms with Crippen LogP contribution in [-0.4, -0.2) is 67.3 Å². The van der Waals surface area contributed by atoms with Gasteiger partial charge in [-0.2, -0.15) is 0 Å². The zero-order chi connectivity index (χ0) is 15.1. The Morgan fingerprint density at radius 3 is 1.76 bits per heavy atom. The Bertz CT molecular complexity index is 257. The van der Waals surface area contributed by atoms with Crippen LogP contribution < -0.4 is 0 Å². The number of phosphoric acid groups is 1. The molecule has 5 nitrogen and oxygen atoms in total. The van der Waals surface area contributed by atoms with Gasteiger partial charge in [-0.1, -0.05) is 64.7 Å². The normalized spacial score (nSPS) is 11.4. The van der Waals surface area contributed by atoms with Gasteiger partial charge in [0.1, 0.15) is 0 Å². The van der Waals surface area contributed by atoms with Gasteiger partial charge in [0.15, 0.2) is 0 Å². The second kappa shape index (κ2) is 17.7. The third-order valence-corrected chi connectivity index (χ3v) is 3.65. The summed E-state index contributed by atoms with van der Waals surface area (Å²) in [6, 6.07) is 0. The first kappa shape index (κ1) is 24.6. The number of ether oxygens (including phenoxy) is 1. The molecule has 0 aromatic carbocycles. The Morgan fingerprint density at radius 2 is 1.29 bits per heavy atom. The molecule has 0 spiro atoms. The van der Waals surface area contributed by atoms with Crippen LogP contribution in [0.5, 0.6) is 0 Å². The van der Waals surface area contributed by atoms with E-state index in [4.69, 9.17) is 14.5 Å². The molecule has 7 heteroatoms. The van der Waals surface area contributed by atoms with Gasteiger partial charge in [0.2, 0.25) is 0 Å². The molecule has 0 unspecified atom stereocenters. The van der Waals surface area contributed by atoms with Crippen LogP contribution in [0.4, 0.5) is 0 Å². The molecule has 0 heterocycles. The van der Waals surface area contributed by atoms with E-state index in [2.05, 4.69) is 11.4 Å². The minimum atomic E-state index is -4.33. The third-order valence-electron chi connectivity index (χ3n) is 3.13. The molecule has 0 amide bonds. The monoisotopic (exact) mass is 352 g/mol. The van der Waals surface area contributed by atoms with Crippen LogP contribution in [0.1, 0.15) is 74.0 Å². The average Bonchev–Trinajstić information content (AvgIpc) is 2.38. The van der Waals surface area contributed by atoms with Gasteiger partial charge in [-0.05, 0) is 6.42 Å². The van der Waals surface area contributed by atoms with Crippen molar-refractivity contribution in [3.63, 3.8) is 0 Å². The maximum absolute atomic E-state index is 10.4. The van der Waals surface area contributed by atoms with E-state index in [0.29, 0.717) is 6.61 Å². The summed E-state index contributed by atoms with van der Waals surface area (Å²) in [4.78, 5) is 16.9. The van der Waals surface area contributed by atoms with Gasteiger partial charge >= 0.3 is 45.6 Å². The maximum atomic E-state index is 10.4. The second-order valence-electron chi connectivity index (χ2n) is 5.12.